The van der Waals surface area contributed by atoms with Crippen molar-refractivity contribution in [2.24, 2.45) is 16.7 Å². The predicted molar refractivity (Wildman–Crippen MR) is 118 cm³/mol. The maximum absolute atomic E-state index is 12.4. The van der Waals surface area contributed by atoms with Gasteiger partial charge in [0.2, 0.25) is 5.96 Å². The summed E-state index contributed by atoms with van der Waals surface area (Å²) in [6.45, 7) is 3.58. The van der Waals surface area contributed by atoms with Crippen LogP contribution in [0.5, 0.6) is 0 Å². The Bertz CT molecular complexity index is 952. The van der Waals surface area contributed by atoms with Crippen LogP contribution in [0.2, 0.25) is 5.02 Å². The molecule has 0 bridgehead atoms. The summed E-state index contributed by atoms with van der Waals surface area (Å²) >= 11 is 6.10. The van der Waals surface area contributed by atoms with Gasteiger partial charge in [-0.15, -0.1) is 5.10 Å². The lowest BCUT2D eigenvalue weighted by atomic mass is 9.95. The first kappa shape index (κ1) is 20.7. The van der Waals surface area contributed by atoms with Gasteiger partial charge in [-0.2, -0.15) is 0 Å². The minimum atomic E-state index is -0.238. The van der Waals surface area contributed by atoms with E-state index in [4.69, 9.17) is 23.2 Å². The number of carbonyl (C=O) groups is 1. The van der Waals surface area contributed by atoms with Crippen molar-refractivity contribution in [2.45, 2.75) is 13.3 Å². The van der Waals surface area contributed by atoms with Crippen LogP contribution in [-0.2, 0) is 0 Å². The summed E-state index contributed by atoms with van der Waals surface area (Å²) in [7, 11) is 1.63. The zero-order valence-corrected chi connectivity index (χ0v) is 17.3. The maximum Gasteiger partial charge on any atom is 0.257 e. The number of nitrogens with zero attached hydrogens (tertiary/aromatic N) is 3. The molecule has 0 saturated heterocycles. The third kappa shape index (κ3) is 5.07. The molecule has 0 atom stereocenters. The van der Waals surface area contributed by atoms with Crippen molar-refractivity contribution in [3.8, 4) is 0 Å². The summed E-state index contributed by atoms with van der Waals surface area (Å²) in [4.78, 5) is 14.4. The SMILES string of the molecule is CC1=C(c2ccc(NC(=O)c3ccccc3Cl)cc2)CN(/C(N)=N/N(C)N)CC1. The normalized spacial score (nSPS) is 14.8. The second kappa shape index (κ2) is 8.98. The number of halogens is 1. The molecule has 3 rings (SSSR count). The van der Waals surface area contributed by atoms with E-state index in [9.17, 15) is 4.79 Å². The molecule has 1 aliphatic rings. The van der Waals surface area contributed by atoms with E-state index in [0.717, 1.165) is 18.5 Å². The molecular formula is C21H25ClN6O. The van der Waals surface area contributed by atoms with Gasteiger partial charge in [0.05, 0.1) is 10.6 Å². The van der Waals surface area contributed by atoms with Gasteiger partial charge in [-0.1, -0.05) is 41.4 Å². The van der Waals surface area contributed by atoms with Crippen molar-refractivity contribution in [3.05, 3.63) is 70.3 Å². The predicted octanol–water partition coefficient (Wildman–Crippen LogP) is 3.11. The molecule has 5 N–H and O–H groups in total. The maximum atomic E-state index is 12.4. The average molecular weight is 413 g/mol. The summed E-state index contributed by atoms with van der Waals surface area (Å²) in [5.74, 6) is 5.72. The van der Waals surface area contributed by atoms with Gasteiger partial charge in [-0.05, 0) is 48.7 Å². The van der Waals surface area contributed by atoms with E-state index < -0.39 is 0 Å². The van der Waals surface area contributed by atoms with E-state index in [0.29, 0.717) is 28.8 Å². The zero-order valence-electron chi connectivity index (χ0n) is 16.5. The Morgan fingerprint density at radius 1 is 1.21 bits per heavy atom. The van der Waals surface area contributed by atoms with E-state index >= 15 is 0 Å². The Labute approximate surface area is 175 Å². The van der Waals surface area contributed by atoms with Gasteiger partial charge in [0.1, 0.15) is 0 Å². The van der Waals surface area contributed by atoms with E-state index in [1.165, 1.54) is 16.3 Å². The molecule has 2 aromatic carbocycles. The molecule has 1 amide bonds. The molecule has 0 radical (unpaired) electrons. The molecule has 8 heteroatoms. The van der Waals surface area contributed by atoms with Crippen LogP contribution in [0, 0.1) is 0 Å². The third-order valence-corrected chi connectivity index (χ3v) is 5.14. The molecule has 29 heavy (non-hydrogen) atoms. The number of carbonyl (C=O) groups excluding carboxylic acids is 1. The molecule has 1 aliphatic heterocycles. The molecule has 0 aliphatic carbocycles. The topological polar surface area (TPSA) is 100.0 Å². The van der Waals surface area contributed by atoms with Crippen molar-refractivity contribution in [1.82, 2.24) is 10.0 Å². The van der Waals surface area contributed by atoms with Crippen molar-refractivity contribution >= 4 is 34.7 Å². The lowest BCUT2D eigenvalue weighted by Crippen LogP contribution is -2.43. The largest absolute Gasteiger partial charge is 0.368 e. The van der Waals surface area contributed by atoms with Crippen molar-refractivity contribution in [2.75, 3.05) is 25.5 Å². The van der Waals surface area contributed by atoms with Gasteiger partial charge < -0.3 is 16.0 Å². The van der Waals surface area contributed by atoms with Crippen LogP contribution >= 0.6 is 11.6 Å². The number of guanidine groups is 1. The summed E-state index contributed by atoms with van der Waals surface area (Å²) < 4.78 is 0. The monoisotopic (exact) mass is 412 g/mol. The zero-order chi connectivity index (χ0) is 21.0. The van der Waals surface area contributed by atoms with Gasteiger partial charge in [0.25, 0.3) is 5.91 Å². The number of nitrogens with two attached hydrogens (primary N) is 2. The molecular weight excluding hydrogens is 388 g/mol. The van der Waals surface area contributed by atoms with Crippen LogP contribution in [0.3, 0.4) is 0 Å². The van der Waals surface area contributed by atoms with E-state index in [2.05, 4.69) is 17.3 Å². The van der Waals surface area contributed by atoms with Crippen LogP contribution in [0.15, 0.2) is 59.2 Å². The van der Waals surface area contributed by atoms with Crippen LogP contribution < -0.4 is 16.9 Å². The molecule has 0 saturated carbocycles. The fourth-order valence-corrected chi connectivity index (χ4v) is 3.44. The molecule has 0 aromatic heterocycles. The number of hydrogen-bond acceptors (Lipinski definition) is 4. The second-order valence-corrected chi connectivity index (χ2v) is 7.38. The highest BCUT2D eigenvalue weighted by Gasteiger charge is 2.20. The highest BCUT2D eigenvalue weighted by atomic mass is 35.5. The highest BCUT2D eigenvalue weighted by molar-refractivity contribution is 6.34. The molecule has 0 fully saturated rings. The Hall–Kier alpha value is -3.03. The minimum Gasteiger partial charge on any atom is -0.368 e. The Morgan fingerprint density at radius 2 is 1.90 bits per heavy atom. The average Bonchev–Trinajstić information content (AvgIpc) is 2.69. The lowest BCUT2D eigenvalue weighted by Gasteiger charge is -2.31. The fraction of sp³-hybridized carbons (Fsp3) is 0.238. The number of anilines is 1. The molecule has 0 unspecified atom stereocenters. The molecule has 2 aromatic rings. The number of hydrazone groups is 1. The summed E-state index contributed by atoms with van der Waals surface area (Å²) in [6.07, 6.45) is 0.894. The van der Waals surface area contributed by atoms with Crippen molar-refractivity contribution < 1.29 is 4.79 Å². The molecule has 0 spiro atoms. The minimum absolute atomic E-state index is 0.238. The number of benzene rings is 2. The first-order valence-electron chi connectivity index (χ1n) is 9.27. The van der Waals surface area contributed by atoms with Gasteiger partial charge >= 0.3 is 0 Å². The molecule has 7 nitrogen and oxygen atoms in total. The fourth-order valence-electron chi connectivity index (χ4n) is 3.22. The number of rotatable bonds is 4. The summed E-state index contributed by atoms with van der Waals surface area (Å²) in [6, 6.07) is 14.7. The summed E-state index contributed by atoms with van der Waals surface area (Å²) in [5.41, 5.74) is 10.8. The Balaban J connectivity index is 1.74. The van der Waals surface area contributed by atoms with Crippen LogP contribution in [0.25, 0.3) is 5.57 Å². The molecule has 1 heterocycles. The van der Waals surface area contributed by atoms with Gasteiger partial charge in [0.15, 0.2) is 0 Å². The smallest absolute Gasteiger partial charge is 0.257 e. The van der Waals surface area contributed by atoms with Gasteiger partial charge in [-0.3, -0.25) is 4.79 Å². The number of amides is 1. The van der Waals surface area contributed by atoms with E-state index in [1.807, 2.05) is 29.2 Å². The van der Waals surface area contributed by atoms with Crippen molar-refractivity contribution in [1.29, 1.82) is 0 Å². The Kier molecular flexibility index (Phi) is 6.41. The van der Waals surface area contributed by atoms with E-state index in [-0.39, 0.29) is 5.91 Å². The second-order valence-electron chi connectivity index (χ2n) is 6.97. The first-order chi connectivity index (χ1) is 13.8. The number of hydrazine groups is 1. The van der Waals surface area contributed by atoms with E-state index in [1.54, 1.807) is 31.3 Å². The van der Waals surface area contributed by atoms with Crippen LogP contribution in [0.4, 0.5) is 5.69 Å². The third-order valence-electron chi connectivity index (χ3n) is 4.81. The highest BCUT2D eigenvalue weighted by Crippen LogP contribution is 2.27. The Morgan fingerprint density at radius 3 is 2.55 bits per heavy atom. The van der Waals surface area contributed by atoms with Crippen LogP contribution in [-0.4, -0.2) is 42.0 Å². The lowest BCUT2D eigenvalue weighted by molar-refractivity contribution is 0.102. The molecule has 152 valence electrons. The van der Waals surface area contributed by atoms with Crippen molar-refractivity contribution in [3.63, 3.8) is 0 Å². The number of hydrogen-bond donors (Lipinski definition) is 3. The van der Waals surface area contributed by atoms with Crippen LogP contribution in [0.1, 0.15) is 29.3 Å². The first-order valence-corrected chi connectivity index (χ1v) is 9.65. The van der Waals surface area contributed by atoms with Gasteiger partial charge in [0, 0.05) is 25.8 Å². The number of nitrogens with one attached hydrogen (secondary N) is 1. The quantitative estimate of drug-likeness (QED) is 0.310. The van der Waals surface area contributed by atoms with Gasteiger partial charge in [-0.25, -0.2) is 11.0 Å². The summed E-state index contributed by atoms with van der Waals surface area (Å²) in [5, 5.41) is 8.60. The standard InChI is InChI=1S/C21H25ClN6O/c1-14-11-12-28(21(23)26-27(2)24)13-18(14)15-7-9-16(10-8-15)25-20(29)17-5-3-4-6-19(17)22/h3-10H,11-13,24H2,1-2H3,(H2,23,26)(H,25,29).